The monoisotopic (exact) mass is 938 g/mol. The molecule has 2 atom stereocenters. The third kappa shape index (κ3) is 51.5. The van der Waals surface area contributed by atoms with E-state index in [0.29, 0.717) is 17.4 Å². The second-order valence-corrected chi connectivity index (χ2v) is 21.0. The Balaban J connectivity index is 4.14. The number of nitrogens with zero attached hydrogens (tertiary/aromatic N) is 1. The number of ether oxygens (including phenoxy) is 2. The van der Waals surface area contributed by atoms with Crippen LogP contribution < -0.4 is 4.89 Å². The Morgan fingerprint density at radius 2 is 0.831 bits per heavy atom. The third-order valence-electron chi connectivity index (χ3n) is 11.9. The highest BCUT2D eigenvalue weighted by molar-refractivity contribution is 7.45. The molecule has 0 heterocycles. The van der Waals surface area contributed by atoms with Gasteiger partial charge >= 0.3 is 11.9 Å². The molecular formula is C55H104NO8P. The zero-order valence-corrected chi connectivity index (χ0v) is 44.1. The van der Waals surface area contributed by atoms with Gasteiger partial charge in [-0.25, -0.2) is 0 Å². The first kappa shape index (κ1) is 63.2. The maximum atomic E-state index is 12.8. The molecule has 2 unspecified atom stereocenters. The van der Waals surface area contributed by atoms with Crippen molar-refractivity contribution in [3.63, 3.8) is 0 Å². The van der Waals surface area contributed by atoms with Crippen LogP contribution in [0.1, 0.15) is 251 Å². The minimum atomic E-state index is -4.63. The predicted molar refractivity (Wildman–Crippen MR) is 273 cm³/mol. The number of quaternary nitrogens is 1. The van der Waals surface area contributed by atoms with E-state index in [2.05, 4.69) is 50.3 Å². The van der Waals surface area contributed by atoms with E-state index in [0.717, 1.165) is 51.4 Å². The second kappa shape index (κ2) is 47.3. The molecule has 10 heteroatoms. The summed E-state index contributed by atoms with van der Waals surface area (Å²) in [5.41, 5.74) is 0. The number of phosphoric ester groups is 1. The van der Waals surface area contributed by atoms with Crippen molar-refractivity contribution < 1.29 is 42.1 Å². The van der Waals surface area contributed by atoms with Gasteiger partial charge in [0.05, 0.1) is 27.7 Å². The molecule has 9 nitrogen and oxygen atoms in total. The first-order chi connectivity index (χ1) is 31.5. The number of allylic oxidation sites excluding steroid dienone is 6. The molecule has 0 aliphatic heterocycles. The molecular weight excluding hydrogens is 834 g/mol. The lowest BCUT2D eigenvalue weighted by Gasteiger charge is -2.28. The topological polar surface area (TPSA) is 111 Å². The number of phosphoric acid groups is 1. The maximum absolute atomic E-state index is 12.8. The Labute approximate surface area is 401 Å². The lowest BCUT2D eigenvalue weighted by molar-refractivity contribution is -0.870. The summed E-state index contributed by atoms with van der Waals surface area (Å²) in [6, 6.07) is 0. The Bertz CT molecular complexity index is 1200. The fraction of sp³-hybridized carbons (Fsp3) is 0.855. The molecule has 0 saturated carbocycles. The van der Waals surface area contributed by atoms with Crippen molar-refractivity contribution in [2.75, 3.05) is 47.5 Å². The van der Waals surface area contributed by atoms with Crippen molar-refractivity contribution >= 4 is 19.8 Å². The van der Waals surface area contributed by atoms with E-state index in [1.807, 2.05) is 21.1 Å². The van der Waals surface area contributed by atoms with Gasteiger partial charge < -0.3 is 27.9 Å². The number of likely N-dealkylation sites (N-methyl/N-ethyl adjacent to an activating group) is 1. The van der Waals surface area contributed by atoms with E-state index in [1.54, 1.807) is 0 Å². The number of esters is 2. The summed E-state index contributed by atoms with van der Waals surface area (Å²) in [5.74, 6) is -0.826. The van der Waals surface area contributed by atoms with Crippen LogP contribution in [0.25, 0.3) is 0 Å². The molecule has 0 aliphatic rings. The number of hydrogen-bond acceptors (Lipinski definition) is 8. The number of hydrogen-bond donors (Lipinski definition) is 0. The molecule has 0 aromatic heterocycles. The van der Waals surface area contributed by atoms with Crippen molar-refractivity contribution in [3.05, 3.63) is 36.5 Å². The fourth-order valence-corrected chi connectivity index (χ4v) is 8.39. The van der Waals surface area contributed by atoms with E-state index >= 15 is 0 Å². The fourth-order valence-electron chi connectivity index (χ4n) is 7.66. The van der Waals surface area contributed by atoms with Crippen LogP contribution >= 0.6 is 7.82 Å². The van der Waals surface area contributed by atoms with Crippen molar-refractivity contribution in [3.8, 4) is 0 Å². The number of rotatable bonds is 50. The van der Waals surface area contributed by atoms with Crippen LogP contribution in [0.2, 0.25) is 0 Å². The Morgan fingerprint density at radius 1 is 0.477 bits per heavy atom. The molecule has 0 N–H and O–H groups in total. The number of carbonyl (C=O) groups excluding carboxylic acids is 2. The van der Waals surface area contributed by atoms with Crippen LogP contribution in [0.3, 0.4) is 0 Å². The Hall–Kier alpha value is -1.77. The van der Waals surface area contributed by atoms with Crippen LogP contribution in [0.15, 0.2) is 36.5 Å². The predicted octanol–water partition coefficient (Wildman–Crippen LogP) is 15.8. The molecule has 0 aliphatic carbocycles. The molecule has 0 fully saturated rings. The van der Waals surface area contributed by atoms with Gasteiger partial charge in [0.25, 0.3) is 7.82 Å². The summed E-state index contributed by atoms with van der Waals surface area (Å²) < 4.78 is 34.1. The molecule has 0 radical (unpaired) electrons. The summed E-state index contributed by atoms with van der Waals surface area (Å²) in [6.07, 6.45) is 56.1. The van der Waals surface area contributed by atoms with E-state index in [-0.39, 0.29) is 32.0 Å². The molecule has 65 heavy (non-hydrogen) atoms. The molecule has 382 valence electrons. The third-order valence-corrected chi connectivity index (χ3v) is 12.9. The van der Waals surface area contributed by atoms with Crippen LogP contribution in [-0.4, -0.2) is 70.0 Å². The molecule has 0 aromatic rings. The first-order valence-corrected chi connectivity index (χ1v) is 28.7. The summed E-state index contributed by atoms with van der Waals surface area (Å²) in [4.78, 5) is 37.7. The molecule has 0 rings (SSSR count). The van der Waals surface area contributed by atoms with Crippen molar-refractivity contribution in [1.29, 1.82) is 0 Å². The van der Waals surface area contributed by atoms with E-state index < -0.39 is 26.5 Å². The molecule has 0 amide bonds. The quantitative estimate of drug-likeness (QED) is 0.0195. The lowest BCUT2D eigenvalue weighted by Crippen LogP contribution is -2.37. The van der Waals surface area contributed by atoms with E-state index in [1.165, 1.54) is 167 Å². The zero-order chi connectivity index (χ0) is 47.8. The average Bonchev–Trinajstić information content (AvgIpc) is 3.26. The summed E-state index contributed by atoms with van der Waals surface area (Å²) in [5, 5.41) is 0. The standard InChI is InChI=1S/C55H104NO8P/c1-6-8-10-12-14-16-18-20-22-23-24-25-26-27-28-29-30-31-32-33-34-36-38-40-42-44-46-48-55(58)64-53(52-63-65(59,60)62-50-49-56(3,4)5)51-61-54(57)47-45-43-41-39-37-35-21-19-17-15-13-11-9-7-2/h18,20,23-24,26-27,53H,6-17,19,21-22,25,28-52H2,1-5H3/b20-18-,24-23-,27-26-. The SMILES string of the molecule is CCCCCCC/C=C\C/C=C\C/C=C\CCCCCCCCCCCCCCC(=O)OC(COC(=O)CCCCCCCCCCCCCCCC)COP(=O)([O-])OCC[N+](C)(C)C. The van der Waals surface area contributed by atoms with Gasteiger partial charge in [-0.3, -0.25) is 14.2 Å². The molecule has 0 bridgehead atoms. The van der Waals surface area contributed by atoms with Gasteiger partial charge in [0.15, 0.2) is 6.10 Å². The first-order valence-electron chi connectivity index (χ1n) is 27.2. The van der Waals surface area contributed by atoms with Crippen LogP contribution in [0.5, 0.6) is 0 Å². The largest absolute Gasteiger partial charge is 0.756 e. The van der Waals surface area contributed by atoms with Crippen molar-refractivity contribution in [1.82, 2.24) is 0 Å². The van der Waals surface area contributed by atoms with Gasteiger partial charge in [-0.2, -0.15) is 0 Å². The van der Waals surface area contributed by atoms with Crippen LogP contribution in [0.4, 0.5) is 0 Å². The van der Waals surface area contributed by atoms with E-state index in [4.69, 9.17) is 18.5 Å². The molecule has 0 spiro atoms. The summed E-state index contributed by atoms with van der Waals surface area (Å²) in [6.45, 7) is 4.25. The second-order valence-electron chi connectivity index (χ2n) is 19.6. The van der Waals surface area contributed by atoms with Gasteiger partial charge in [0.2, 0.25) is 0 Å². The van der Waals surface area contributed by atoms with Gasteiger partial charge in [-0.15, -0.1) is 0 Å². The summed E-state index contributed by atoms with van der Waals surface area (Å²) in [7, 11) is 1.17. The normalized spacial score (nSPS) is 13.6. The van der Waals surface area contributed by atoms with Gasteiger partial charge in [0, 0.05) is 12.8 Å². The summed E-state index contributed by atoms with van der Waals surface area (Å²) >= 11 is 0. The number of unbranched alkanes of at least 4 members (excludes halogenated alkanes) is 30. The molecule has 0 aromatic carbocycles. The highest BCUT2D eigenvalue weighted by atomic mass is 31.2. The highest BCUT2D eigenvalue weighted by Crippen LogP contribution is 2.38. The maximum Gasteiger partial charge on any atom is 0.306 e. The van der Waals surface area contributed by atoms with Crippen LogP contribution in [0, 0.1) is 0 Å². The van der Waals surface area contributed by atoms with Gasteiger partial charge in [-0.05, 0) is 51.4 Å². The molecule has 0 saturated heterocycles. The van der Waals surface area contributed by atoms with Gasteiger partial charge in [0.1, 0.15) is 19.8 Å². The van der Waals surface area contributed by atoms with Gasteiger partial charge in [-0.1, -0.05) is 224 Å². The lowest BCUT2D eigenvalue weighted by atomic mass is 10.0. The smallest absolute Gasteiger partial charge is 0.306 e. The Morgan fingerprint density at radius 3 is 1.23 bits per heavy atom. The number of carbonyl (C=O) groups is 2. The van der Waals surface area contributed by atoms with Crippen LogP contribution in [-0.2, 0) is 32.7 Å². The highest BCUT2D eigenvalue weighted by Gasteiger charge is 2.21. The minimum absolute atomic E-state index is 0.0296. The van der Waals surface area contributed by atoms with Crippen molar-refractivity contribution in [2.45, 2.75) is 258 Å². The zero-order valence-electron chi connectivity index (χ0n) is 43.2. The van der Waals surface area contributed by atoms with Crippen molar-refractivity contribution in [2.24, 2.45) is 0 Å². The average molecular weight is 938 g/mol. The minimum Gasteiger partial charge on any atom is -0.756 e. The Kier molecular flexibility index (Phi) is 46.0. The van der Waals surface area contributed by atoms with E-state index in [9.17, 15) is 19.0 Å².